The Kier molecular flexibility index (Phi) is 10.3. The predicted octanol–water partition coefficient (Wildman–Crippen LogP) is 6.82. The summed E-state index contributed by atoms with van der Waals surface area (Å²) in [6.45, 7) is -0.711. The monoisotopic (exact) mass is 678 g/mol. The van der Waals surface area contributed by atoms with Crippen molar-refractivity contribution < 1.29 is 28.2 Å². The molecule has 0 radical (unpaired) electrons. The fraction of sp³-hybridized carbons (Fsp3) is 0.200. The molecule has 6 rings (SSSR count). The number of benzene rings is 5. The zero-order chi connectivity index (χ0) is 34.4. The molecular formula is C40H36F2N2O4S. The van der Waals surface area contributed by atoms with Gasteiger partial charge >= 0.3 is 0 Å². The molecule has 1 fully saturated rings. The second-order valence-electron chi connectivity index (χ2n) is 11.9. The zero-order valence-corrected chi connectivity index (χ0v) is 27.7. The maximum absolute atomic E-state index is 15.8. The lowest BCUT2D eigenvalue weighted by molar-refractivity contribution is -0.0608. The Balaban J connectivity index is 1.40. The van der Waals surface area contributed by atoms with Crippen molar-refractivity contribution >= 4 is 23.2 Å². The SMILES string of the molecule is CN(C(=S)NC(=O)c1ccccc1)[C@@]1(c2cccc(F)c2F)CO[C@H](COC(c2ccccc2)(c2ccccc2)c2ccccc2)[C@H]1CO. The number of rotatable bonds is 10. The van der Waals surface area contributed by atoms with Crippen molar-refractivity contribution in [3.05, 3.63) is 179 Å². The average Bonchev–Trinajstić information content (AvgIpc) is 3.53. The number of likely N-dealkylation sites (N-methyl/N-ethyl adjacent to an activating group) is 1. The molecule has 1 aliphatic heterocycles. The number of ether oxygens (including phenoxy) is 2. The Morgan fingerprint density at radius 1 is 0.857 bits per heavy atom. The van der Waals surface area contributed by atoms with E-state index in [0.717, 1.165) is 22.8 Å². The van der Waals surface area contributed by atoms with Gasteiger partial charge in [-0.3, -0.25) is 10.1 Å². The number of hydrogen-bond acceptors (Lipinski definition) is 5. The van der Waals surface area contributed by atoms with E-state index < -0.39 is 47.3 Å². The summed E-state index contributed by atoms with van der Waals surface area (Å²) in [4.78, 5) is 14.6. The van der Waals surface area contributed by atoms with Crippen LogP contribution in [0, 0.1) is 17.6 Å². The summed E-state index contributed by atoms with van der Waals surface area (Å²) in [5.74, 6) is -3.50. The normalized spacial score (nSPS) is 18.9. The first-order valence-electron chi connectivity index (χ1n) is 15.9. The average molecular weight is 679 g/mol. The van der Waals surface area contributed by atoms with Gasteiger partial charge in [0.2, 0.25) is 0 Å². The van der Waals surface area contributed by atoms with Crippen LogP contribution in [0.15, 0.2) is 140 Å². The van der Waals surface area contributed by atoms with Crippen LogP contribution in [0.3, 0.4) is 0 Å². The lowest BCUT2D eigenvalue weighted by atomic mass is 9.76. The lowest BCUT2D eigenvalue weighted by Crippen LogP contribution is -2.58. The number of nitrogens with one attached hydrogen (secondary N) is 1. The van der Waals surface area contributed by atoms with Gasteiger partial charge in [0.25, 0.3) is 5.91 Å². The number of carbonyl (C=O) groups excluding carboxylic acids is 1. The number of thiocarbonyl (C=S) groups is 1. The Morgan fingerprint density at radius 3 is 1.88 bits per heavy atom. The first-order valence-corrected chi connectivity index (χ1v) is 16.4. The van der Waals surface area contributed by atoms with E-state index in [-0.39, 0.29) is 23.9 Å². The summed E-state index contributed by atoms with van der Waals surface area (Å²) in [7, 11) is 1.58. The van der Waals surface area contributed by atoms with Crippen LogP contribution in [-0.4, -0.2) is 54.0 Å². The summed E-state index contributed by atoms with van der Waals surface area (Å²) >= 11 is 5.70. The van der Waals surface area contributed by atoms with Crippen LogP contribution in [0.2, 0.25) is 0 Å². The number of halogens is 2. The quantitative estimate of drug-likeness (QED) is 0.125. The minimum atomic E-state index is -1.52. The number of hydrogen-bond donors (Lipinski definition) is 2. The zero-order valence-electron chi connectivity index (χ0n) is 26.8. The molecule has 0 unspecified atom stereocenters. The predicted molar refractivity (Wildman–Crippen MR) is 188 cm³/mol. The second kappa shape index (κ2) is 14.8. The van der Waals surface area contributed by atoms with Crippen LogP contribution < -0.4 is 5.32 Å². The van der Waals surface area contributed by atoms with Crippen LogP contribution >= 0.6 is 12.2 Å². The van der Waals surface area contributed by atoms with E-state index in [1.807, 2.05) is 91.0 Å². The molecule has 2 N–H and O–H groups in total. The third kappa shape index (κ3) is 6.38. The van der Waals surface area contributed by atoms with Crippen molar-refractivity contribution in [1.82, 2.24) is 10.2 Å². The number of carbonyl (C=O) groups is 1. The molecule has 1 saturated heterocycles. The van der Waals surface area contributed by atoms with E-state index >= 15 is 4.39 Å². The molecule has 5 aromatic carbocycles. The smallest absolute Gasteiger partial charge is 0.257 e. The van der Waals surface area contributed by atoms with E-state index in [2.05, 4.69) is 5.32 Å². The molecule has 3 atom stereocenters. The van der Waals surface area contributed by atoms with Gasteiger partial charge in [-0.2, -0.15) is 0 Å². The van der Waals surface area contributed by atoms with Crippen LogP contribution in [0.25, 0.3) is 0 Å². The standard InChI is InChI=1S/C40H36F2N2O4S/c1-44(38(49)43-37(46)28-15-6-2-7-16-28)39(32-23-14-24-34(41)36(32)42)27-47-35(33(39)25-45)26-48-40(29-17-8-3-9-18-29,30-19-10-4-11-20-30)31-21-12-5-13-22-31/h2-24,33,35,45H,25-27H2,1H3,(H,43,46,49)/t33-,35-,39-/m1/s1. The number of aliphatic hydroxyl groups excluding tert-OH is 1. The maximum Gasteiger partial charge on any atom is 0.257 e. The van der Waals surface area contributed by atoms with Gasteiger partial charge in [0.1, 0.15) is 11.1 Å². The minimum Gasteiger partial charge on any atom is -0.396 e. The van der Waals surface area contributed by atoms with Gasteiger partial charge in [0, 0.05) is 24.1 Å². The van der Waals surface area contributed by atoms with Crippen molar-refractivity contribution in [2.24, 2.45) is 5.92 Å². The highest BCUT2D eigenvalue weighted by molar-refractivity contribution is 7.80. The van der Waals surface area contributed by atoms with Crippen LogP contribution in [-0.2, 0) is 20.6 Å². The largest absolute Gasteiger partial charge is 0.396 e. The Morgan fingerprint density at radius 2 is 1.37 bits per heavy atom. The molecule has 9 heteroatoms. The molecular weight excluding hydrogens is 643 g/mol. The molecule has 0 spiro atoms. The molecule has 250 valence electrons. The molecule has 1 aliphatic rings. The van der Waals surface area contributed by atoms with Gasteiger partial charge in [-0.05, 0) is 47.1 Å². The fourth-order valence-electron chi connectivity index (χ4n) is 6.84. The van der Waals surface area contributed by atoms with Crippen molar-refractivity contribution in [2.75, 3.05) is 26.9 Å². The summed E-state index contributed by atoms with van der Waals surface area (Å²) in [6, 6.07) is 41.8. The van der Waals surface area contributed by atoms with Crippen LogP contribution in [0.4, 0.5) is 8.78 Å². The molecule has 1 heterocycles. The van der Waals surface area contributed by atoms with Crippen molar-refractivity contribution in [3.8, 4) is 0 Å². The van der Waals surface area contributed by atoms with Crippen LogP contribution in [0.5, 0.6) is 0 Å². The summed E-state index contributed by atoms with van der Waals surface area (Å²) in [6.07, 6.45) is -0.807. The Labute approximate surface area is 289 Å². The van der Waals surface area contributed by atoms with Crippen molar-refractivity contribution in [1.29, 1.82) is 0 Å². The van der Waals surface area contributed by atoms with Gasteiger partial charge in [-0.1, -0.05) is 121 Å². The highest BCUT2D eigenvalue weighted by atomic mass is 32.1. The third-order valence-corrected chi connectivity index (χ3v) is 9.73. The van der Waals surface area contributed by atoms with Gasteiger partial charge < -0.3 is 19.5 Å². The summed E-state index contributed by atoms with van der Waals surface area (Å²) in [5, 5.41) is 13.7. The maximum atomic E-state index is 15.8. The fourth-order valence-corrected chi connectivity index (χ4v) is 7.09. The van der Waals surface area contributed by atoms with Gasteiger partial charge in [-0.15, -0.1) is 0 Å². The molecule has 6 nitrogen and oxygen atoms in total. The number of amides is 1. The van der Waals surface area contributed by atoms with E-state index in [0.29, 0.717) is 5.56 Å². The molecule has 0 aromatic heterocycles. The first kappa shape index (κ1) is 34.1. The Bertz CT molecular complexity index is 1790. The van der Waals surface area contributed by atoms with Gasteiger partial charge in [-0.25, -0.2) is 8.78 Å². The Hall–Kier alpha value is -4.80. The highest BCUT2D eigenvalue weighted by Gasteiger charge is 2.56. The van der Waals surface area contributed by atoms with E-state index in [1.165, 1.54) is 17.0 Å². The minimum absolute atomic E-state index is 0.0421. The number of nitrogens with zero attached hydrogens (tertiary/aromatic N) is 1. The van der Waals surface area contributed by atoms with E-state index in [4.69, 9.17) is 21.7 Å². The van der Waals surface area contributed by atoms with Crippen molar-refractivity contribution in [3.63, 3.8) is 0 Å². The van der Waals surface area contributed by atoms with E-state index in [9.17, 15) is 14.3 Å². The molecule has 49 heavy (non-hydrogen) atoms. The third-order valence-electron chi connectivity index (χ3n) is 9.36. The van der Waals surface area contributed by atoms with Crippen LogP contribution in [0.1, 0.15) is 32.6 Å². The molecule has 0 bridgehead atoms. The van der Waals surface area contributed by atoms with Gasteiger partial charge in [0.05, 0.1) is 25.9 Å². The highest BCUT2D eigenvalue weighted by Crippen LogP contribution is 2.47. The molecule has 5 aromatic rings. The summed E-state index contributed by atoms with van der Waals surface area (Å²) < 4.78 is 44.1. The molecule has 0 aliphatic carbocycles. The molecule has 0 saturated carbocycles. The topological polar surface area (TPSA) is 71.0 Å². The second-order valence-corrected chi connectivity index (χ2v) is 12.3. The number of aliphatic hydroxyl groups is 1. The van der Waals surface area contributed by atoms with E-state index in [1.54, 1.807) is 37.4 Å². The van der Waals surface area contributed by atoms with Gasteiger partial charge in [0.15, 0.2) is 16.7 Å². The molecule has 1 amide bonds. The lowest BCUT2D eigenvalue weighted by Gasteiger charge is -2.44. The first-order chi connectivity index (χ1) is 23.8. The van der Waals surface area contributed by atoms with Crippen molar-refractivity contribution in [2.45, 2.75) is 17.2 Å². The summed E-state index contributed by atoms with van der Waals surface area (Å²) in [5.41, 5.74) is 0.309.